The van der Waals surface area contributed by atoms with Crippen molar-refractivity contribution in [3.63, 3.8) is 0 Å². The van der Waals surface area contributed by atoms with Crippen LogP contribution >= 0.6 is 0 Å². The van der Waals surface area contributed by atoms with E-state index >= 15 is 28.8 Å². The van der Waals surface area contributed by atoms with Crippen molar-refractivity contribution in [1.29, 1.82) is 0 Å². The summed E-state index contributed by atoms with van der Waals surface area (Å²) in [7, 11) is 0. The van der Waals surface area contributed by atoms with Crippen LogP contribution in [0.4, 0.5) is 0 Å². The van der Waals surface area contributed by atoms with Gasteiger partial charge >= 0.3 is 0 Å². The van der Waals surface area contributed by atoms with E-state index in [-0.39, 0.29) is 185 Å². The van der Waals surface area contributed by atoms with E-state index in [0.717, 1.165) is 20.9 Å². The minimum atomic E-state index is -1.60. The molecule has 28 heteroatoms. The van der Waals surface area contributed by atoms with E-state index in [1.807, 2.05) is 109 Å². The lowest BCUT2D eigenvalue weighted by atomic mass is 9.80. The Labute approximate surface area is 835 Å². The fourth-order valence-corrected chi connectivity index (χ4v) is 19.1. The summed E-state index contributed by atoms with van der Waals surface area (Å²) in [6.07, 6.45) is 5.37. The van der Waals surface area contributed by atoms with Crippen molar-refractivity contribution >= 4 is 102 Å². The molecule has 6 aliphatic rings. The number of rotatable bonds is 36. The average molecular weight is 1940 g/mol. The number of benzene rings is 15. The number of imide groups is 2. The summed E-state index contributed by atoms with van der Waals surface area (Å²) in [5.41, 5.74) is 8.01. The molecule has 15 aromatic carbocycles. The van der Waals surface area contributed by atoms with Gasteiger partial charge in [-0.25, -0.2) is 0 Å². The van der Waals surface area contributed by atoms with E-state index in [2.05, 4.69) is 41.9 Å². The second-order valence-corrected chi connectivity index (χ2v) is 36.7. The van der Waals surface area contributed by atoms with E-state index in [9.17, 15) is 19.2 Å². The summed E-state index contributed by atoms with van der Waals surface area (Å²) < 4.78 is 52.5. The molecule has 6 unspecified atom stereocenters. The lowest BCUT2D eigenvalue weighted by molar-refractivity contribution is -0.125. The van der Waals surface area contributed by atoms with Gasteiger partial charge in [0.2, 0.25) is 11.8 Å². The minimum absolute atomic E-state index is 0.00879. The Morgan fingerprint density at radius 3 is 0.774 bits per heavy atom. The smallest absolute Gasteiger partial charge is 0.262 e. The van der Waals surface area contributed by atoms with Crippen LogP contribution in [-0.2, 0) is 54.5 Å². The molecule has 6 N–H and O–H groups in total. The Morgan fingerprint density at radius 1 is 0.274 bits per heavy atom. The summed E-state index contributed by atoms with van der Waals surface area (Å²) in [5.74, 6) is -6.29. The van der Waals surface area contributed by atoms with Gasteiger partial charge in [-0.05, 0) is 212 Å². The number of amides is 10. The average Bonchev–Trinajstić information content (AvgIpc) is 1.22. The van der Waals surface area contributed by atoms with Gasteiger partial charge in [-0.2, -0.15) is 0 Å². The summed E-state index contributed by atoms with van der Waals surface area (Å²) in [6, 6.07) is 84.6. The summed E-state index contributed by atoms with van der Waals surface area (Å²) in [4.78, 5) is 168. The first-order valence-electron chi connectivity index (χ1n) is 48.1. The monoisotopic (exact) mass is 1930 g/mol. The molecule has 2 aromatic heterocycles. The standard InChI is InChI=1S/C118H90N10O18/c129-109(123-59-87-63-139-87)79-27-7-19-71(45-79)75-23-11-31-83(49-75)143-97-53-91-101-92(116(136)127(115(91)135)95(43-67-35-39-119-40-36-67)113(133)121-57-69-15-3-1-4-16-69)54-98(144-84-32-12-24-76(50-84)72-20-8-28-80(46-72)110(130)124-60-88-64-140-88)104-106-100(146-86-34-14-26-78(52-86)74-22-10-30-82(48-74)112(132)126-62-90-66-142-90)56-94-102-93(117(137)128(118(94)138)96(44-68-37-41-120-42-38-68)114(134)122-58-70-17-5-2-6-18-70)55-99(105(108(102)106)103(97)107(101)104)145-85-33-13-25-77(51-85)73-21-9-29-81(47-73)111(131)125-61-89-65-141-89/h1-42,45-56,87-90,95-96H,43-44,57-66H2,(H,121,133)(H,122,134)(H,123,129)(H,124,130)(H,125,131)(H,126,132). The lowest BCUT2D eigenvalue weighted by Crippen LogP contribution is -2.54. The zero-order valence-electron chi connectivity index (χ0n) is 78.3. The van der Waals surface area contributed by atoms with E-state index in [0.29, 0.717) is 130 Å². The van der Waals surface area contributed by atoms with Crippen molar-refractivity contribution in [2.24, 2.45) is 0 Å². The van der Waals surface area contributed by atoms with Crippen LogP contribution < -0.4 is 50.8 Å². The number of aromatic nitrogens is 2. The quantitative estimate of drug-likeness (QED) is 0.00919. The van der Waals surface area contributed by atoms with Gasteiger partial charge in [0.05, 0.1) is 73.1 Å². The van der Waals surface area contributed by atoms with Gasteiger partial charge < -0.3 is 69.8 Å². The van der Waals surface area contributed by atoms with Crippen molar-refractivity contribution in [2.45, 2.75) is 62.4 Å². The Balaban J connectivity index is 0.816. The van der Waals surface area contributed by atoms with Crippen LogP contribution in [0.5, 0.6) is 46.0 Å². The van der Waals surface area contributed by atoms with Gasteiger partial charge in [0, 0.05) is 142 Å². The van der Waals surface area contributed by atoms with Crippen molar-refractivity contribution in [2.75, 3.05) is 52.6 Å². The SMILES string of the molecule is O=C(NCC1CO1)c1cccc(-c2cccc(Oc3cc4c5c(cc(Oc6cccc(-c7cccc(C(=O)NCC8CO8)c7)c6)c6c7c(Oc8cccc(-c9cccc(C(=O)NCC%10CO%10)c9)c8)cc8c9c(cc(Oc%10cccc(-c%11cccc(C(=O)NCC%12CO%12)c%11)c%10)c(c3c56)c97)C(=O)N(C(Cc3ccncc3)C(=O)NCc3ccccc3)C8=O)C(=O)N(C(Cc3ccncc3)C(=O)NCc3ccccc3)C4=O)c2)c1. The molecule has 0 bridgehead atoms. The molecule has 8 heterocycles. The fourth-order valence-electron chi connectivity index (χ4n) is 19.1. The number of hydrogen-bond donors (Lipinski definition) is 6. The molecule has 0 spiro atoms. The first-order chi connectivity index (χ1) is 71.4. The van der Waals surface area contributed by atoms with E-state index in [1.54, 1.807) is 195 Å². The maximum absolute atomic E-state index is 17.4. The number of epoxide rings is 4. The van der Waals surface area contributed by atoms with Crippen molar-refractivity contribution < 1.29 is 85.8 Å². The molecule has 0 saturated carbocycles. The van der Waals surface area contributed by atoms with Crippen LogP contribution in [0.3, 0.4) is 0 Å². The normalized spacial score (nSPS) is 16.1. The predicted molar refractivity (Wildman–Crippen MR) is 545 cm³/mol. The highest BCUT2D eigenvalue weighted by atomic mass is 16.6. The molecular formula is C118H90N10O18. The van der Waals surface area contributed by atoms with Crippen molar-refractivity contribution in [1.82, 2.24) is 51.7 Å². The first kappa shape index (κ1) is 91.8. The number of carbonyl (C=O) groups excluding carboxylic acids is 10. The topological polar surface area (TPSA) is 362 Å². The third-order valence-corrected chi connectivity index (χ3v) is 26.8. The highest BCUT2D eigenvalue weighted by Crippen LogP contribution is 2.59. The second-order valence-electron chi connectivity index (χ2n) is 36.7. The zero-order valence-corrected chi connectivity index (χ0v) is 78.3. The molecule has 23 rings (SSSR count). The number of hydrogen-bond acceptors (Lipinski definition) is 20. The van der Waals surface area contributed by atoms with Crippen LogP contribution in [0, 0.1) is 0 Å². The number of fused-ring (bicyclic) bond motifs is 2. The van der Waals surface area contributed by atoms with Crippen LogP contribution in [-0.4, -0.2) is 168 Å². The fraction of sp³-hybridized carbons (Fsp3) is 0.153. The van der Waals surface area contributed by atoms with Crippen LogP contribution in [0.2, 0.25) is 0 Å². The van der Waals surface area contributed by atoms with Gasteiger partial charge in [-0.1, -0.05) is 158 Å². The highest BCUT2D eigenvalue weighted by molar-refractivity contribution is 6.45. The Morgan fingerprint density at radius 2 is 0.521 bits per heavy atom. The molecule has 28 nitrogen and oxygen atoms in total. The number of nitrogens with one attached hydrogen (secondary N) is 6. The van der Waals surface area contributed by atoms with Gasteiger partial charge in [-0.15, -0.1) is 0 Å². The zero-order chi connectivity index (χ0) is 99.2. The number of ether oxygens (including phenoxy) is 8. The second kappa shape index (κ2) is 39.5. The van der Waals surface area contributed by atoms with Crippen molar-refractivity contribution in [3.05, 3.63) is 395 Å². The molecule has 6 aliphatic heterocycles. The molecule has 17 aromatic rings. The molecule has 4 fully saturated rings. The third kappa shape index (κ3) is 19.2. The summed E-state index contributed by atoms with van der Waals surface area (Å²) in [5, 5.41) is 18.6. The van der Waals surface area contributed by atoms with Crippen LogP contribution in [0.25, 0.3) is 87.6 Å². The minimum Gasteiger partial charge on any atom is -0.457 e. The molecule has 4 saturated heterocycles. The Hall–Kier alpha value is -18.0. The van der Waals surface area contributed by atoms with Crippen LogP contribution in [0.15, 0.2) is 328 Å². The van der Waals surface area contributed by atoms with Gasteiger partial charge in [0.25, 0.3) is 47.3 Å². The van der Waals surface area contributed by atoms with Crippen molar-refractivity contribution in [3.8, 4) is 90.5 Å². The highest BCUT2D eigenvalue weighted by Gasteiger charge is 2.47. The molecule has 0 radical (unpaired) electrons. The molecule has 10 amide bonds. The maximum Gasteiger partial charge on any atom is 0.262 e. The number of nitrogens with zero attached hydrogens (tertiary/aromatic N) is 4. The number of carbonyl (C=O) groups is 10. The van der Waals surface area contributed by atoms with Gasteiger partial charge in [0.15, 0.2) is 0 Å². The van der Waals surface area contributed by atoms with E-state index < -0.39 is 47.5 Å². The van der Waals surface area contributed by atoms with E-state index in [1.165, 1.54) is 24.3 Å². The summed E-state index contributed by atoms with van der Waals surface area (Å²) >= 11 is 0. The Bertz CT molecular complexity index is 7310. The maximum atomic E-state index is 17.4. The predicted octanol–water partition coefficient (Wildman–Crippen LogP) is 17.9. The Kier molecular flexibility index (Phi) is 24.8. The third-order valence-electron chi connectivity index (χ3n) is 26.8. The first-order valence-corrected chi connectivity index (χ1v) is 48.1. The van der Waals surface area contributed by atoms with Crippen LogP contribution in [0.1, 0.15) is 105 Å². The molecular weight excluding hydrogens is 1850 g/mol. The number of pyridine rings is 2. The largest absolute Gasteiger partial charge is 0.457 e. The van der Waals surface area contributed by atoms with Gasteiger partial charge in [0.1, 0.15) is 58.1 Å². The molecule has 720 valence electrons. The van der Waals surface area contributed by atoms with Gasteiger partial charge in [-0.3, -0.25) is 67.7 Å². The summed E-state index contributed by atoms with van der Waals surface area (Å²) in [6.45, 7) is 3.30. The van der Waals surface area contributed by atoms with E-state index in [4.69, 9.17) is 37.9 Å². The molecule has 0 aliphatic carbocycles. The lowest BCUT2D eigenvalue weighted by Gasteiger charge is -2.36. The molecule has 6 atom stereocenters. The molecule has 146 heavy (non-hydrogen) atoms.